The zero-order valence-corrected chi connectivity index (χ0v) is 13.6. The van der Waals surface area contributed by atoms with Crippen molar-refractivity contribution in [3.05, 3.63) is 35.9 Å². The quantitative estimate of drug-likeness (QED) is 0.579. The average Bonchev–Trinajstić information content (AvgIpc) is 2.52. The number of aromatic nitrogens is 1. The van der Waals surface area contributed by atoms with E-state index >= 15 is 0 Å². The highest BCUT2D eigenvalue weighted by Gasteiger charge is 2.09. The van der Waals surface area contributed by atoms with Crippen LogP contribution in [0.2, 0.25) is 0 Å². The van der Waals surface area contributed by atoms with Gasteiger partial charge in [0.1, 0.15) is 5.03 Å². The fourth-order valence-electron chi connectivity index (χ4n) is 2.07. The standard InChI is InChI=1S/C17H24N2OS/c1-3-8-18-10-15-9-14-6-4-5-7-16(14)19-17(15)21-12-13(2)11-20/h4-7,9,13,18,20H,3,8,10-12H2,1-2H3. The van der Waals surface area contributed by atoms with Crippen LogP contribution in [0.1, 0.15) is 25.8 Å². The molecule has 0 amide bonds. The molecule has 0 radical (unpaired) electrons. The maximum atomic E-state index is 9.18. The van der Waals surface area contributed by atoms with E-state index in [9.17, 15) is 5.11 Å². The molecule has 2 aromatic rings. The molecule has 1 atom stereocenters. The summed E-state index contributed by atoms with van der Waals surface area (Å²) in [5.41, 5.74) is 2.29. The Morgan fingerprint density at radius 2 is 2.14 bits per heavy atom. The fourth-order valence-corrected chi connectivity index (χ4v) is 3.09. The summed E-state index contributed by atoms with van der Waals surface area (Å²) in [4.78, 5) is 4.80. The Morgan fingerprint density at radius 1 is 1.33 bits per heavy atom. The topological polar surface area (TPSA) is 45.2 Å². The van der Waals surface area contributed by atoms with E-state index in [0.29, 0.717) is 5.92 Å². The minimum atomic E-state index is 0.226. The number of rotatable bonds is 8. The number of nitrogens with one attached hydrogen (secondary N) is 1. The Bertz CT molecular complexity index is 574. The van der Waals surface area contributed by atoms with Gasteiger partial charge in [0.05, 0.1) is 5.52 Å². The van der Waals surface area contributed by atoms with Gasteiger partial charge in [0.25, 0.3) is 0 Å². The molecule has 114 valence electrons. The molecule has 0 bridgehead atoms. The van der Waals surface area contributed by atoms with Crippen molar-refractivity contribution >= 4 is 22.7 Å². The van der Waals surface area contributed by atoms with Crippen LogP contribution in [0.25, 0.3) is 10.9 Å². The zero-order chi connectivity index (χ0) is 15.1. The molecule has 0 spiro atoms. The lowest BCUT2D eigenvalue weighted by Gasteiger charge is -2.13. The summed E-state index contributed by atoms with van der Waals surface area (Å²) in [5.74, 6) is 1.18. The number of fused-ring (bicyclic) bond motifs is 1. The van der Waals surface area contributed by atoms with Gasteiger partial charge in [-0.3, -0.25) is 0 Å². The third-order valence-corrected chi connectivity index (χ3v) is 4.68. The number of aliphatic hydroxyl groups excluding tert-OH is 1. The number of thioether (sulfide) groups is 1. The summed E-state index contributed by atoms with van der Waals surface area (Å²) in [5, 5.41) is 14.9. The first-order chi connectivity index (χ1) is 10.2. The van der Waals surface area contributed by atoms with E-state index in [4.69, 9.17) is 4.98 Å². The van der Waals surface area contributed by atoms with Crippen LogP contribution in [-0.2, 0) is 6.54 Å². The summed E-state index contributed by atoms with van der Waals surface area (Å²) in [7, 11) is 0. The average molecular weight is 304 g/mol. The van der Waals surface area contributed by atoms with E-state index in [2.05, 4.69) is 37.4 Å². The molecule has 0 aliphatic heterocycles. The highest BCUT2D eigenvalue weighted by atomic mass is 32.2. The first-order valence-electron chi connectivity index (χ1n) is 7.57. The van der Waals surface area contributed by atoms with Gasteiger partial charge in [-0.2, -0.15) is 0 Å². The predicted molar refractivity (Wildman–Crippen MR) is 90.7 cm³/mol. The lowest BCUT2D eigenvalue weighted by atomic mass is 10.1. The second kappa shape index (κ2) is 8.37. The second-order valence-corrected chi connectivity index (χ2v) is 6.43. The van der Waals surface area contributed by atoms with Gasteiger partial charge in [-0.25, -0.2) is 4.98 Å². The van der Waals surface area contributed by atoms with Crippen LogP contribution in [-0.4, -0.2) is 29.0 Å². The van der Waals surface area contributed by atoms with Crippen molar-refractivity contribution in [2.24, 2.45) is 5.92 Å². The molecule has 2 N–H and O–H groups in total. The van der Waals surface area contributed by atoms with Crippen molar-refractivity contribution in [1.29, 1.82) is 0 Å². The van der Waals surface area contributed by atoms with E-state index < -0.39 is 0 Å². The smallest absolute Gasteiger partial charge is 0.101 e. The van der Waals surface area contributed by atoms with Gasteiger partial charge < -0.3 is 10.4 Å². The monoisotopic (exact) mass is 304 g/mol. The van der Waals surface area contributed by atoms with Gasteiger partial charge in [-0.15, -0.1) is 11.8 Å². The molecule has 0 fully saturated rings. The minimum absolute atomic E-state index is 0.226. The Balaban J connectivity index is 2.22. The Morgan fingerprint density at radius 3 is 2.90 bits per heavy atom. The molecule has 21 heavy (non-hydrogen) atoms. The van der Waals surface area contributed by atoms with Crippen LogP contribution in [0.15, 0.2) is 35.4 Å². The Hall–Kier alpha value is -1.10. The highest BCUT2D eigenvalue weighted by molar-refractivity contribution is 7.99. The van der Waals surface area contributed by atoms with E-state index in [-0.39, 0.29) is 6.61 Å². The molecule has 4 heteroatoms. The van der Waals surface area contributed by atoms with Crippen LogP contribution >= 0.6 is 11.8 Å². The van der Waals surface area contributed by atoms with Crippen molar-refractivity contribution in [3.63, 3.8) is 0 Å². The normalized spacial score (nSPS) is 12.7. The number of benzene rings is 1. The number of hydrogen-bond donors (Lipinski definition) is 2. The van der Waals surface area contributed by atoms with E-state index in [1.165, 1.54) is 10.9 Å². The number of aliphatic hydroxyl groups is 1. The second-order valence-electron chi connectivity index (χ2n) is 5.42. The number of nitrogens with zero attached hydrogens (tertiary/aromatic N) is 1. The van der Waals surface area contributed by atoms with Crippen LogP contribution < -0.4 is 5.32 Å². The molecule has 0 saturated heterocycles. The Labute approximate surface area is 131 Å². The molecular weight excluding hydrogens is 280 g/mol. The van der Waals surface area contributed by atoms with Gasteiger partial charge in [0.2, 0.25) is 0 Å². The van der Waals surface area contributed by atoms with Crippen molar-refractivity contribution in [3.8, 4) is 0 Å². The third kappa shape index (κ3) is 4.70. The summed E-state index contributed by atoms with van der Waals surface area (Å²) < 4.78 is 0. The summed E-state index contributed by atoms with van der Waals surface area (Å²) >= 11 is 1.74. The summed E-state index contributed by atoms with van der Waals surface area (Å²) in [6.45, 7) is 6.32. The van der Waals surface area contributed by atoms with Gasteiger partial charge in [0.15, 0.2) is 0 Å². The summed E-state index contributed by atoms with van der Waals surface area (Å²) in [6, 6.07) is 10.5. The first kappa shape index (κ1) is 16.3. The molecule has 1 aromatic carbocycles. The number of pyridine rings is 1. The van der Waals surface area contributed by atoms with Crippen LogP contribution in [0, 0.1) is 5.92 Å². The van der Waals surface area contributed by atoms with E-state index in [1.54, 1.807) is 11.8 Å². The molecule has 1 heterocycles. The molecule has 2 rings (SSSR count). The molecule has 1 unspecified atom stereocenters. The lowest BCUT2D eigenvalue weighted by molar-refractivity contribution is 0.250. The first-order valence-corrected chi connectivity index (χ1v) is 8.56. The molecule has 1 aromatic heterocycles. The van der Waals surface area contributed by atoms with Gasteiger partial charge in [0, 0.05) is 24.3 Å². The van der Waals surface area contributed by atoms with Crippen molar-refractivity contribution in [2.45, 2.75) is 31.8 Å². The minimum Gasteiger partial charge on any atom is -0.396 e. The van der Waals surface area contributed by atoms with Crippen LogP contribution in [0.3, 0.4) is 0 Å². The maximum Gasteiger partial charge on any atom is 0.101 e. The van der Waals surface area contributed by atoms with Crippen molar-refractivity contribution in [1.82, 2.24) is 10.3 Å². The lowest BCUT2D eigenvalue weighted by Crippen LogP contribution is -2.15. The van der Waals surface area contributed by atoms with E-state index in [0.717, 1.165) is 35.8 Å². The highest BCUT2D eigenvalue weighted by Crippen LogP contribution is 2.26. The zero-order valence-electron chi connectivity index (χ0n) is 12.8. The number of para-hydroxylation sites is 1. The Kier molecular flexibility index (Phi) is 6.49. The van der Waals surface area contributed by atoms with Crippen molar-refractivity contribution in [2.75, 3.05) is 18.9 Å². The predicted octanol–water partition coefficient (Wildman–Crippen LogP) is 3.45. The van der Waals surface area contributed by atoms with E-state index in [1.807, 2.05) is 12.1 Å². The number of hydrogen-bond acceptors (Lipinski definition) is 4. The van der Waals surface area contributed by atoms with Gasteiger partial charge >= 0.3 is 0 Å². The molecule has 3 nitrogen and oxygen atoms in total. The SMILES string of the molecule is CCCNCc1cc2ccccc2nc1SCC(C)CO. The fraction of sp³-hybridized carbons (Fsp3) is 0.471. The van der Waals surface area contributed by atoms with Crippen LogP contribution in [0.5, 0.6) is 0 Å². The third-order valence-electron chi connectivity index (χ3n) is 3.32. The largest absolute Gasteiger partial charge is 0.396 e. The maximum absolute atomic E-state index is 9.18. The van der Waals surface area contributed by atoms with Gasteiger partial charge in [-0.05, 0) is 36.6 Å². The molecule has 0 aliphatic rings. The molecular formula is C17H24N2OS. The van der Waals surface area contributed by atoms with Crippen LogP contribution in [0.4, 0.5) is 0 Å². The van der Waals surface area contributed by atoms with Gasteiger partial charge in [-0.1, -0.05) is 32.0 Å². The molecule has 0 aliphatic carbocycles. The summed E-state index contributed by atoms with van der Waals surface area (Å²) in [6.07, 6.45) is 1.13. The van der Waals surface area contributed by atoms with Crippen molar-refractivity contribution < 1.29 is 5.11 Å². The molecule has 0 saturated carbocycles.